The minimum Gasteiger partial charge on any atom is -1.00 e. The zero-order valence-corrected chi connectivity index (χ0v) is 8.17. The van der Waals surface area contributed by atoms with Gasteiger partial charge in [0.1, 0.15) is 0 Å². The first kappa shape index (κ1) is 23.4. The standard InChI is InChI=1S/ClH.Cu.K.NO3/c;;;2-1(3)4/h1H;;;/q;+2;+1;-1/p-1. The van der Waals surface area contributed by atoms with Gasteiger partial charge in [-0.15, -0.1) is 0 Å². The Labute approximate surface area is 99.4 Å². The fourth-order valence-electron chi connectivity index (χ4n) is 0. The van der Waals surface area contributed by atoms with Gasteiger partial charge in [0.2, 0.25) is 0 Å². The third-order valence-corrected chi connectivity index (χ3v) is 0. The molecular formula is ClCuKNO3+. The molecule has 0 rings (SSSR count). The Morgan fingerprint density at radius 1 is 1.29 bits per heavy atom. The normalized spacial score (nSPS) is 3.43. The smallest absolute Gasteiger partial charge is 1.00 e. The van der Waals surface area contributed by atoms with Crippen LogP contribution in [0.4, 0.5) is 0 Å². The Morgan fingerprint density at radius 2 is 1.29 bits per heavy atom. The van der Waals surface area contributed by atoms with Gasteiger partial charge < -0.3 is 27.7 Å². The van der Waals surface area contributed by atoms with Crippen LogP contribution in [0.15, 0.2) is 0 Å². The maximum Gasteiger partial charge on any atom is 2.00 e. The minimum absolute atomic E-state index is 0. The summed E-state index contributed by atoms with van der Waals surface area (Å²) in [4.78, 5) is 8.25. The summed E-state index contributed by atoms with van der Waals surface area (Å²) in [6.07, 6.45) is 0. The fourth-order valence-corrected chi connectivity index (χ4v) is 0. The van der Waals surface area contributed by atoms with E-state index < -0.39 is 5.09 Å². The number of rotatable bonds is 0. The molecule has 0 spiro atoms. The molecule has 1 radical (unpaired) electrons. The second kappa shape index (κ2) is 15.6. The van der Waals surface area contributed by atoms with Crippen molar-refractivity contribution in [2.24, 2.45) is 0 Å². The van der Waals surface area contributed by atoms with Crippen molar-refractivity contribution in [2.75, 3.05) is 0 Å². The molecule has 0 saturated carbocycles. The molecule has 0 aliphatic carbocycles. The predicted octanol–water partition coefficient (Wildman–Crippen LogP) is -6.23. The molecule has 0 aromatic carbocycles. The van der Waals surface area contributed by atoms with Crippen LogP contribution in [-0.2, 0) is 17.1 Å². The third kappa shape index (κ3) is 90.0. The summed E-state index contributed by atoms with van der Waals surface area (Å²) in [5.74, 6) is 0. The Balaban J connectivity index is -0.0000000150. The quantitative estimate of drug-likeness (QED) is 0.222. The molecule has 0 aliphatic heterocycles. The SMILES string of the molecule is O=[N+]([O-])[O-].[Cl-].[Cu+2].[K+]. The van der Waals surface area contributed by atoms with E-state index in [2.05, 4.69) is 0 Å². The average Bonchev–Trinajstić information content (AvgIpc) is 0.811. The maximum absolute atomic E-state index is 8.25. The van der Waals surface area contributed by atoms with E-state index in [0.717, 1.165) is 0 Å². The van der Waals surface area contributed by atoms with Gasteiger partial charge in [0.15, 0.2) is 0 Å². The first-order valence-electron chi connectivity index (χ1n) is 0.548. The van der Waals surface area contributed by atoms with Crippen molar-refractivity contribution in [3.05, 3.63) is 15.3 Å². The van der Waals surface area contributed by atoms with E-state index in [1.54, 1.807) is 0 Å². The van der Waals surface area contributed by atoms with E-state index in [-0.39, 0.29) is 80.9 Å². The molecule has 0 fully saturated rings. The van der Waals surface area contributed by atoms with Crippen molar-refractivity contribution in [3.63, 3.8) is 0 Å². The van der Waals surface area contributed by atoms with Crippen molar-refractivity contribution < 1.29 is 85.9 Å². The molecule has 0 aromatic rings. The summed E-state index contributed by atoms with van der Waals surface area (Å²) < 4.78 is 0. The molecule has 0 bridgehead atoms. The summed E-state index contributed by atoms with van der Waals surface area (Å²) in [5.41, 5.74) is 0. The molecule has 0 aromatic heterocycles. The molecule has 0 atom stereocenters. The van der Waals surface area contributed by atoms with Crippen LogP contribution in [-0.4, -0.2) is 5.09 Å². The van der Waals surface area contributed by atoms with Gasteiger partial charge >= 0.3 is 68.5 Å². The van der Waals surface area contributed by atoms with Crippen molar-refractivity contribution in [1.29, 1.82) is 0 Å². The summed E-state index contributed by atoms with van der Waals surface area (Å²) in [7, 11) is 0. The summed E-state index contributed by atoms with van der Waals surface area (Å²) in [6, 6.07) is 0. The van der Waals surface area contributed by atoms with E-state index >= 15 is 0 Å². The van der Waals surface area contributed by atoms with Crippen LogP contribution < -0.4 is 63.8 Å². The topological polar surface area (TPSA) is 66.2 Å². The monoisotopic (exact) mass is 199 g/mol. The maximum atomic E-state index is 8.25. The van der Waals surface area contributed by atoms with Gasteiger partial charge in [0.25, 0.3) is 0 Å². The largest absolute Gasteiger partial charge is 2.00 e. The third-order valence-electron chi connectivity index (χ3n) is 0. The molecule has 7 heavy (non-hydrogen) atoms. The molecule has 0 aliphatic rings. The van der Waals surface area contributed by atoms with Crippen molar-refractivity contribution >= 4 is 0 Å². The van der Waals surface area contributed by atoms with Crippen LogP contribution in [0.5, 0.6) is 0 Å². The predicted molar refractivity (Wildman–Crippen MR) is 10.4 cm³/mol. The van der Waals surface area contributed by atoms with Crippen LogP contribution in [0.1, 0.15) is 0 Å². The first-order valence-corrected chi connectivity index (χ1v) is 0.548. The summed E-state index contributed by atoms with van der Waals surface area (Å²) >= 11 is 0. The van der Waals surface area contributed by atoms with Crippen LogP contribution in [0.25, 0.3) is 0 Å². The van der Waals surface area contributed by atoms with Gasteiger partial charge in [-0.3, -0.25) is 0 Å². The second-order valence-corrected chi connectivity index (χ2v) is 0.224. The van der Waals surface area contributed by atoms with Gasteiger partial charge in [-0.1, -0.05) is 0 Å². The molecule has 7 heteroatoms. The Hall–Kier alpha value is 1.65. The Kier molecular flexibility index (Phi) is 52.3. The fraction of sp³-hybridized carbons (Fsp3) is 0. The summed E-state index contributed by atoms with van der Waals surface area (Å²) in [5, 5.41) is 14.8. The van der Waals surface area contributed by atoms with Gasteiger partial charge in [-0.25, -0.2) is 0 Å². The van der Waals surface area contributed by atoms with E-state index in [9.17, 15) is 0 Å². The van der Waals surface area contributed by atoms with Crippen molar-refractivity contribution in [1.82, 2.24) is 0 Å². The molecule has 0 amide bonds. The van der Waals surface area contributed by atoms with Gasteiger partial charge in [0.05, 0.1) is 5.09 Å². The molecular weight excluding hydrogens is 200 g/mol. The van der Waals surface area contributed by atoms with E-state index in [1.807, 2.05) is 0 Å². The number of hydrogen-bond acceptors (Lipinski definition) is 3. The van der Waals surface area contributed by atoms with E-state index in [0.29, 0.717) is 0 Å². The summed E-state index contributed by atoms with van der Waals surface area (Å²) in [6.45, 7) is 0. The molecule has 4 nitrogen and oxygen atoms in total. The number of halogens is 1. The Bertz CT molecular complexity index is 37.9. The zero-order chi connectivity index (χ0) is 3.58. The zero-order valence-electron chi connectivity index (χ0n) is 3.35. The number of nitrogens with zero attached hydrogens (tertiary/aromatic N) is 1. The first-order chi connectivity index (χ1) is 1.73. The van der Waals surface area contributed by atoms with E-state index in [4.69, 9.17) is 15.3 Å². The Morgan fingerprint density at radius 3 is 1.29 bits per heavy atom. The van der Waals surface area contributed by atoms with Crippen LogP contribution in [0.3, 0.4) is 0 Å². The number of hydrogen-bond donors (Lipinski definition) is 0. The van der Waals surface area contributed by atoms with E-state index in [1.165, 1.54) is 0 Å². The molecule has 41 valence electrons. The van der Waals surface area contributed by atoms with Crippen LogP contribution >= 0.6 is 0 Å². The average molecular weight is 200 g/mol. The van der Waals surface area contributed by atoms with Gasteiger partial charge in [0, 0.05) is 0 Å². The molecule has 0 N–H and O–H groups in total. The molecule has 0 saturated heterocycles. The minimum atomic E-state index is -1.75. The molecule has 0 heterocycles. The second-order valence-electron chi connectivity index (χ2n) is 0.224. The molecule has 0 unspecified atom stereocenters. The van der Waals surface area contributed by atoms with Crippen LogP contribution in [0, 0.1) is 15.3 Å². The van der Waals surface area contributed by atoms with Crippen molar-refractivity contribution in [3.8, 4) is 0 Å². The van der Waals surface area contributed by atoms with Gasteiger partial charge in [-0.05, 0) is 0 Å². The van der Waals surface area contributed by atoms with Crippen molar-refractivity contribution in [2.45, 2.75) is 0 Å². The van der Waals surface area contributed by atoms with Gasteiger partial charge in [-0.2, -0.15) is 0 Å². The van der Waals surface area contributed by atoms with Crippen LogP contribution in [0.2, 0.25) is 0 Å².